The Morgan fingerprint density at radius 1 is 1.19 bits per heavy atom. The molecule has 9 heteroatoms. The minimum Gasteiger partial charge on any atom is -0.339 e. The fourth-order valence-corrected chi connectivity index (χ4v) is 3.88. The minimum atomic E-state index is -0.0369. The van der Waals surface area contributed by atoms with Gasteiger partial charge < -0.3 is 9.42 Å². The zero-order chi connectivity index (χ0) is 21.0. The second-order valence-electron chi connectivity index (χ2n) is 7.60. The van der Waals surface area contributed by atoms with Crippen LogP contribution in [0, 0.1) is 5.92 Å². The molecule has 0 saturated carbocycles. The molecule has 156 valence electrons. The first-order valence-electron chi connectivity index (χ1n) is 10.3. The average molecular weight is 415 g/mol. The van der Waals surface area contributed by atoms with Crippen LogP contribution in [0.2, 0.25) is 0 Å². The van der Waals surface area contributed by atoms with Crippen LogP contribution in [-0.2, 0) is 6.42 Å². The molecular formula is C22H21N7O2. The monoisotopic (exact) mass is 415 g/mol. The van der Waals surface area contributed by atoms with Gasteiger partial charge in [0.25, 0.3) is 5.91 Å². The molecule has 31 heavy (non-hydrogen) atoms. The lowest BCUT2D eigenvalue weighted by Gasteiger charge is -2.31. The molecule has 9 nitrogen and oxygen atoms in total. The summed E-state index contributed by atoms with van der Waals surface area (Å²) in [5.41, 5.74) is 2.82. The largest absolute Gasteiger partial charge is 0.339 e. The van der Waals surface area contributed by atoms with E-state index < -0.39 is 0 Å². The van der Waals surface area contributed by atoms with Gasteiger partial charge in [-0.05, 0) is 24.8 Å². The molecule has 1 saturated heterocycles. The van der Waals surface area contributed by atoms with Crippen molar-refractivity contribution in [2.45, 2.75) is 19.3 Å². The third-order valence-corrected chi connectivity index (χ3v) is 5.41. The zero-order valence-electron chi connectivity index (χ0n) is 16.8. The van der Waals surface area contributed by atoms with Crippen molar-refractivity contribution in [3.63, 3.8) is 0 Å². The molecule has 0 spiro atoms. The van der Waals surface area contributed by atoms with Crippen LogP contribution < -0.4 is 0 Å². The van der Waals surface area contributed by atoms with Gasteiger partial charge in [-0.1, -0.05) is 35.5 Å². The molecule has 1 aromatic carbocycles. The van der Waals surface area contributed by atoms with E-state index in [-0.39, 0.29) is 11.8 Å². The van der Waals surface area contributed by atoms with Crippen LogP contribution in [0.15, 0.2) is 59.5 Å². The number of carbonyl (C=O) groups is 1. The average Bonchev–Trinajstić information content (AvgIpc) is 3.50. The minimum absolute atomic E-state index is 0.0369. The molecule has 1 aliphatic rings. The van der Waals surface area contributed by atoms with Gasteiger partial charge in [-0.25, -0.2) is 4.98 Å². The van der Waals surface area contributed by atoms with Gasteiger partial charge >= 0.3 is 0 Å². The zero-order valence-corrected chi connectivity index (χ0v) is 16.8. The van der Waals surface area contributed by atoms with Crippen molar-refractivity contribution < 1.29 is 9.32 Å². The smallest absolute Gasteiger partial charge is 0.271 e. The van der Waals surface area contributed by atoms with E-state index in [0.717, 1.165) is 30.6 Å². The molecule has 1 atom stereocenters. The molecule has 1 fully saturated rings. The molecule has 1 aliphatic heterocycles. The van der Waals surface area contributed by atoms with Crippen LogP contribution in [0.3, 0.4) is 0 Å². The van der Waals surface area contributed by atoms with Gasteiger partial charge in [-0.2, -0.15) is 10.1 Å². The fourth-order valence-electron chi connectivity index (χ4n) is 3.88. The molecule has 1 N–H and O–H groups in total. The highest BCUT2D eigenvalue weighted by atomic mass is 16.5. The third kappa shape index (κ3) is 4.20. The lowest BCUT2D eigenvalue weighted by molar-refractivity contribution is 0.0662. The maximum atomic E-state index is 13.0. The molecule has 0 radical (unpaired) electrons. The van der Waals surface area contributed by atoms with Gasteiger partial charge in [0.1, 0.15) is 11.4 Å². The number of hydrogen-bond donors (Lipinski definition) is 1. The summed E-state index contributed by atoms with van der Waals surface area (Å²) in [6.07, 6.45) is 7.35. The van der Waals surface area contributed by atoms with E-state index in [4.69, 9.17) is 4.52 Å². The Morgan fingerprint density at radius 2 is 2.10 bits per heavy atom. The third-order valence-electron chi connectivity index (χ3n) is 5.41. The lowest BCUT2D eigenvalue weighted by atomic mass is 9.94. The molecule has 1 unspecified atom stereocenters. The van der Waals surface area contributed by atoms with Crippen LogP contribution in [0.4, 0.5) is 0 Å². The summed E-state index contributed by atoms with van der Waals surface area (Å²) < 4.78 is 5.41. The van der Waals surface area contributed by atoms with Crippen LogP contribution in [0.1, 0.15) is 29.2 Å². The quantitative estimate of drug-likeness (QED) is 0.533. The number of hydrogen-bond acceptors (Lipinski definition) is 7. The standard InChI is InChI=1S/C22H21N7O2/c30-22(18-12-17(26-27-18)16-6-2-1-3-7-16)29-10-4-5-15(14-29)11-20-25-21(28-31-20)19-13-23-8-9-24-19/h1-3,6-9,12-13,15H,4-5,10-11,14H2,(H,26,27). The van der Waals surface area contributed by atoms with Crippen molar-refractivity contribution in [2.75, 3.05) is 13.1 Å². The Hall–Kier alpha value is -3.88. The Bertz CT molecular complexity index is 1160. The van der Waals surface area contributed by atoms with Crippen molar-refractivity contribution in [1.82, 2.24) is 35.2 Å². The van der Waals surface area contributed by atoms with Crippen LogP contribution in [0.5, 0.6) is 0 Å². The molecule has 1 amide bonds. The first kappa shape index (κ1) is 19.1. The van der Waals surface area contributed by atoms with Gasteiger partial charge in [-0.15, -0.1) is 0 Å². The van der Waals surface area contributed by atoms with Crippen molar-refractivity contribution >= 4 is 5.91 Å². The maximum Gasteiger partial charge on any atom is 0.271 e. The van der Waals surface area contributed by atoms with Gasteiger partial charge in [-0.3, -0.25) is 14.9 Å². The SMILES string of the molecule is O=C(c1cc(-c2ccccc2)n[nH]1)N1CCCC(Cc2nc(-c3cnccn3)no2)C1. The molecule has 4 heterocycles. The van der Waals surface area contributed by atoms with Crippen molar-refractivity contribution in [3.05, 3.63) is 66.6 Å². The second-order valence-corrected chi connectivity index (χ2v) is 7.60. The number of piperidine rings is 1. The number of aromatic amines is 1. The fraction of sp³-hybridized carbons (Fsp3) is 0.273. The molecular weight excluding hydrogens is 394 g/mol. The van der Waals surface area contributed by atoms with Gasteiger partial charge in [0.2, 0.25) is 11.7 Å². The van der Waals surface area contributed by atoms with Crippen LogP contribution >= 0.6 is 0 Å². The van der Waals surface area contributed by atoms with Crippen LogP contribution in [-0.4, -0.2) is 54.2 Å². The lowest BCUT2D eigenvalue weighted by Crippen LogP contribution is -2.40. The van der Waals surface area contributed by atoms with Crippen molar-refractivity contribution in [1.29, 1.82) is 0 Å². The van der Waals surface area contributed by atoms with Gasteiger partial charge in [0.15, 0.2) is 0 Å². The Labute approximate surface area is 178 Å². The number of benzene rings is 1. The van der Waals surface area contributed by atoms with Gasteiger partial charge in [0, 0.05) is 37.5 Å². The summed E-state index contributed by atoms with van der Waals surface area (Å²) in [6.45, 7) is 1.37. The Morgan fingerprint density at radius 3 is 2.94 bits per heavy atom. The Balaban J connectivity index is 1.24. The number of rotatable bonds is 5. The molecule has 3 aromatic heterocycles. The molecule has 0 bridgehead atoms. The van der Waals surface area contributed by atoms with E-state index >= 15 is 0 Å². The summed E-state index contributed by atoms with van der Waals surface area (Å²) >= 11 is 0. The maximum absolute atomic E-state index is 13.0. The highest BCUT2D eigenvalue weighted by Crippen LogP contribution is 2.24. The number of amides is 1. The summed E-state index contributed by atoms with van der Waals surface area (Å²) in [5, 5.41) is 11.2. The van der Waals surface area contributed by atoms with Crippen molar-refractivity contribution in [3.8, 4) is 22.8 Å². The predicted octanol–water partition coefficient (Wildman–Crippen LogP) is 3.01. The number of nitrogens with one attached hydrogen (secondary N) is 1. The topological polar surface area (TPSA) is 114 Å². The van der Waals surface area contributed by atoms with E-state index in [9.17, 15) is 4.79 Å². The van der Waals surface area contributed by atoms with E-state index in [0.29, 0.717) is 36.1 Å². The summed E-state index contributed by atoms with van der Waals surface area (Å²) in [7, 11) is 0. The van der Waals surface area contributed by atoms with E-state index in [1.54, 1.807) is 18.6 Å². The number of carbonyl (C=O) groups excluding carboxylic acids is 1. The van der Waals surface area contributed by atoms with Crippen LogP contribution in [0.25, 0.3) is 22.8 Å². The van der Waals surface area contributed by atoms with E-state index in [1.165, 1.54) is 0 Å². The first-order valence-corrected chi connectivity index (χ1v) is 10.3. The first-order chi connectivity index (χ1) is 15.3. The summed E-state index contributed by atoms with van der Waals surface area (Å²) in [6, 6.07) is 11.6. The Kier molecular flexibility index (Phi) is 5.22. The molecule has 4 aromatic rings. The van der Waals surface area contributed by atoms with E-state index in [1.807, 2.05) is 41.3 Å². The number of likely N-dealkylation sites (tertiary alicyclic amines) is 1. The highest BCUT2D eigenvalue weighted by molar-refractivity contribution is 5.93. The number of aromatic nitrogens is 6. The van der Waals surface area contributed by atoms with Gasteiger partial charge in [0.05, 0.1) is 11.9 Å². The summed E-state index contributed by atoms with van der Waals surface area (Å²) in [4.78, 5) is 27.6. The second kappa shape index (κ2) is 8.47. The highest BCUT2D eigenvalue weighted by Gasteiger charge is 2.27. The van der Waals surface area contributed by atoms with E-state index in [2.05, 4.69) is 30.3 Å². The number of nitrogens with zero attached hydrogens (tertiary/aromatic N) is 6. The predicted molar refractivity (Wildman–Crippen MR) is 112 cm³/mol. The normalized spacial score (nSPS) is 16.4. The summed E-state index contributed by atoms with van der Waals surface area (Å²) in [5.74, 6) is 1.19. The van der Waals surface area contributed by atoms with Crippen molar-refractivity contribution in [2.24, 2.45) is 5.92 Å². The number of H-pyrrole nitrogens is 1. The molecule has 5 rings (SSSR count). The molecule has 0 aliphatic carbocycles.